The second-order valence-corrected chi connectivity index (χ2v) is 5.19. The Morgan fingerprint density at radius 1 is 1.33 bits per heavy atom. The highest BCUT2D eigenvalue weighted by Crippen LogP contribution is 2.26. The summed E-state index contributed by atoms with van der Waals surface area (Å²) >= 11 is 1.57. The zero-order valence-electron chi connectivity index (χ0n) is 10.2. The van der Waals surface area contributed by atoms with E-state index in [-0.39, 0.29) is 6.42 Å². The second-order valence-electron chi connectivity index (χ2n) is 4.08. The van der Waals surface area contributed by atoms with Crippen LogP contribution in [-0.2, 0) is 17.6 Å². The number of rotatable bonds is 5. The van der Waals surface area contributed by atoms with E-state index in [9.17, 15) is 4.79 Å². The molecule has 0 spiro atoms. The smallest absolute Gasteiger partial charge is 0.303 e. The minimum absolute atomic E-state index is 0.163. The molecule has 0 bridgehead atoms. The van der Waals surface area contributed by atoms with E-state index in [0.717, 1.165) is 21.9 Å². The summed E-state index contributed by atoms with van der Waals surface area (Å²) in [4.78, 5) is 15.9. The topological polar surface area (TPSA) is 50.2 Å². The minimum atomic E-state index is -0.766. The highest BCUT2D eigenvalue weighted by atomic mass is 32.1. The number of aliphatic carboxylic acids is 1. The molecule has 0 unspecified atom stereocenters. The van der Waals surface area contributed by atoms with E-state index in [1.165, 1.54) is 5.56 Å². The fraction of sp³-hybridized carbons (Fsp3) is 0.286. The van der Waals surface area contributed by atoms with Gasteiger partial charge in [-0.3, -0.25) is 4.79 Å². The molecular weight excluding hydrogens is 246 g/mol. The highest BCUT2D eigenvalue weighted by Gasteiger charge is 2.06. The van der Waals surface area contributed by atoms with Gasteiger partial charge in [0.1, 0.15) is 5.01 Å². The number of thiazole rings is 1. The largest absolute Gasteiger partial charge is 0.481 e. The van der Waals surface area contributed by atoms with E-state index in [0.29, 0.717) is 6.42 Å². The zero-order chi connectivity index (χ0) is 13.0. The van der Waals surface area contributed by atoms with Gasteiger partial charge in [0.15, 0.2) is 0 Å². The molecule has 0 aliphatic heterocycles. The Labute approximate surface area is 110 Å². The van der Waals surface area contributed by atoms with Gasteiger partial charge in [-0.05, 0) is 18.4 Å². The fourth-order valence-electron chi connectivity index (χ4n) is 1.67. The molecule has 0 saturated carbocycles. The van der Waals surface area contributed by atoms with Gasteiger partial charge in [0.05, 0.1) is 6.42 Å². The first-order valence-corrected chi connectivity index (χ1v) is 6.76. The Balaban J connectivity index is 2.10. The van der Waals surface area contributed by atoms with Crippen molar-refractivity contribution in [1.82, 2.24) is 4.98 Å². The Morgan fingerprint density at radius 2 is 2.06 bits per heavy atom. The lowest BCUT2D eigenvalue weighted by Crippen LogP contribution is -1.95. The number of carboxylic acid groups (broad SMARTS) is 1. The molecular formula is C14H15NO2S. The van der Waals surface area contributed by atoms with Gasteiger partial charge in [-0.2, -0.15) is 0 Å². The van der Waals surface area contributed by atoms with E-state index in [1.807, 2.05) is 0 Å². The predicted molar refractivity (Wildman–Crippen MR) is 72.9 cm³/mol. The van der Waals surface area contributed by atoms with Gasteiger partial charge in [0.25, 0.3) is 0 Å². The molecule has 0 fully saturated rings. The Morgan fingerprint density at radius 3 is 2.67 bits per heavy atom. The lowest BCUT2D eigenvalue weighted by molar-refractivity contribution is -0.136. The summed E-state index contributed by atoms with van der Waals surface area (Å²) in [5.74, 6) is -0.766. The van der Waals surface area contributed by atoms with Gasteiger partial charge >= 0.3 is 5.97 Å². The Hall–Kier alpha value is -1.68. The molecule has 2 rings (SSSR count). The molecule has 2 aromatic rings. The molecule has 0 saturated heterocycles. The van der Waals surface area contributed by atoms with Crippen LogP contribution in [0.2, 0.25) is 0 Å². The summed E-state index contributed by atoms with van der Waals surface area (Å²) in [5, 5.41) is 9.60. The average Bonchev–Trinajstić information content (AvgIpc) is 2.85. The van der Waals surface area contributed by atoms with Gasteiger partial charge < -0.3 is 5.11 Å². The van der Waals surface area contributed by atoms with E-state index < -0.39 is 5.97 Å². The first-order valence-electron chi connectivity index (χ1n) is 5.95. The lowest BCUT2D eigenvalue weighted by atomic mass is 10.1. The van der Waals surface area contributed by atoms with Crippen molar-refractivity contribution in [3.8, 4) is 10.6 Å². The van der Waals surface area contributed by atoms with Crippen molar-refractivity contribution in [2.24, 2.45) is 0 Å². The molecule has 1 N–H and O–H groups in total. The zero-order valence-corrected chi connectivity index (χ0v) is 11.0. The average molecular weight is 261 g/mol. The molecule has 0 amide bonds. The standard InChI is InChI=1S/C14H15NO2S/c1-2-10-3-5-11(6-4-10)14-15-9-12(18-14)7-8-13(16)17/h3-6,9H,2,7-8H2,1H3,(H,16,17). The van der Waals surface area contributed by atoms with Gasteiger partial charge in [0, 0.05) is 16.6 Å². The minimum Gasteiger partial charge on any atom is -0.481 e. The maximum Gasteiger partial charge on any atom is 0.303 e. The predicted octanol–water partition coefficient (Wildman–Crippen LogP) is 3.39. The number of hydrogen-bond donors (Lipinski definition) is 1. The Bertz CT molecular complexity index is 531. The monoisotopic (exact) mass is 261 g/mol. The van der Waals surface area contributed by atoms with Gasteiger partial charge in [-0.15, -0.1) is 11.3 Å². The SMILES string of the molecule is CCc1ccc(-c2ncc(CCC(=O)O)s2)cc1. The van der Waals surface area contributed by atoms with Crippen molar-refractivity contribution in [3.63, 3.8) is 0 Å². The number of carbonyl (C=O) groups is 1. The van der Waals surface area contributed by atoms with Crippen molar-refractivity contribution >= 4 is 17.3 Å². The van der Waals surface area contributed by atoms with Crippen LogP contribution in [0, 0.1) is 0 Å². The molecule has 18 heavy (non-hydrogen) atoms. The molecule has 3 nitrogen and oxygen atoms in total. The summed E-state index contributed by atoms with van der Waals surface area (Å²) in [6.07, 6.45) is 3.52. The van der Waals surface area contributed by atoms with Crippen LogP contribution in [0.1, 0.15) is 23.8 Å². The van der Waals surface area contributed by atoms with Gasteiger partial charge in [-0.25, -0.2) is 4.98 Å². The lowest BCUT2D eigenvalue weighted by Gasteiger charge is -1.98. The van der Waals surface area contributed by atoms with Crippen LogP contribution in [-0.4, -0.2) is 16.1 Å². The number of aromatic nitrogens is 1. The number of carboxylic acids is 1. The molecule has 4 heteroatoms. The number of hydrogen-bond acceptors (Lipinski definition) is 3. The third kappa shape index (κ3) is 3.17. The third-order valence-electron chi connectivity index (χ3n) is 2.75. The second kappa shape index (κ2) is 5.78. The maximum absolute atomic E-state index is 10.5. The Kier molecular flexibility index (Phi) is 4.10. The first kappa shape index (κ1) is 12.8. The van der Waals surface area contributed by atoms with Crippen LogP contribution in [0.5, 0.6) is 0 Å². The third-order valence-corrected chi connectivity index (χ3v) is 3.85. The number of benzene rings is 1. The normalized spacial score (nSPS) is 10.5. The maximum atomic E-state index is 10.5. The van der Waals surface area contributed by atoms with Crippen molar-refractivity contribution < 1.29 is 9.90 Å². The molecule has 1 aromatic heterocycles. The van der Waals surface area contributed by atoms with Crippen molar-refractivity contribution in [1.29, 1.82) is 0 Å². The molecule has 0 atom stereocenters. The highest BCUT2D eigenvalue weighted by molar-refractivity contribution is 7.15. The van der Waals surface area contributed by atoms with Gasteiger partial charge in [-0.1, -0.05) is 31.2 Å². The molecule has 0 radical (unpaired) electrons. The fourth-order valence-corrected chi connectivity index (χ4v) is 2.59. The van der Waals surface area contributed by atoms with Crippen molar-refractivity contribution in [3.05, 3.63) is 40.9 Å². The summed E-state index contributed by atoms with van der Waals surface area (Å²) < 4.78 is 0. The molecule has 0 aliphatic rings. The van der Waals surface area contributed by atoms with Gasteiger partial charge in [0.2, 0.25) is 0 Å². The first-order chi connectivity index (χ1) is 8.69. The van der Waals surface area contributed by atoms with E-state index in [4.69, 9.17) is 5.11 Å². The summed E-state index contributed by atoms with van der Waals surface area (Å²) in [6.45, 7) is 2.13. The molecule has 0 aliphatic carbocycles. The number of nitrogens with zero attached hydrogens (tertiary/aromatic N) is 1. The van der Waals surface area contributed by atoms with Crippen molar-refractivity contribution in [2.75, 3.05) is 0 Å². The van der Waals surface area contributed by atoms with Crippen LogP contribution in [0.3, 0.4) is 0 Å². The van der Waals surface area contributed by atoms with E-state index in [1.54, 1.807) is 17.5 Å². The van der Waals surface area contributed by atoms with Crippen LogP contribution in [0.25, 0.3) is 10.6 Å². The van der Waals surface area contributed by atoms with E-state index >= 15 is 0 Å². The molecule has 1 heterocycles. The van der Waals surface area contributed by atoms with Crippen LogP contribution >= 0.6 is 11.3 Å². The van der Waals surface area contributed by atoms with Crippen molar-refractivity contribution in [2.45, 2.75) is 26.2 Å². The summed E-state index contributed by atoms with van der Waals surface area (Å²) in [7, 11) is 0. The molecule has 94 valence electrons. The van der Waals surface area contributed by atoms with E-state index in [2.05, 4.69) is 36.2 Å². The summed E-state index contributed by atoms with van der Waals surface area (Å²) in [6, 6.07) is 8.35. The van der Waals surface area contributed by atoms with Crippen LogP contribution in [0.15, 0.2) is 30.5 Å². The quantitative estimate of drug-likeness (QED) is 0.897. The molecule has 1 aromatic carbocycles. The van der Waals surface area contributed by atoms with Crippen LogP contribution < -0.4 is 0 Å². The van der Waals surface area contributed by atoms with Crippen LogP contribution in [0.4, 0.5) is 0 Å². The number of aryl methyl sites for hydroxylation is 2. The summed E-state index contributed by atoms with van der Waals surface area (Å²) in [5.41, 5.74) is 2.40.